The first kappa shape index (κ1) is 24.7. The van der Waals surface area contributed by atoms with Gasteiger partial charge in [-0.3, -0.25) is 9.59 Å². The zero-order chi connectivity index (χ0) is 22.8. The minimum Gasteiger partial charge on any atom is -0.483 e. The summed E-state index contributed by atoms with van der Waals surface area (Å²) in [6.45, 7) is 8.84. The second-order valence-electron chi connectivity index (χ2n) is 7.84. The Balaban J connectivity index is 2.22. The van der Waals surface area contributed by atoms with E-state index in [9.17, 15) is 9.59 Å². The zero-order valence-corrected chi connectivity index (χ0v) is 19.6. The average molecular weight is 445 g/mol. The van der Waals surface area contributed by atoms with Crippen molar-refractivity contribution >= 4 is 23.4 Å². The Kier molecular flexibility index (Phi) is 9.86. The fourth-order valence-electron chi connectivity index (χ4n) is 3.38. The van der Waals surface area contributed by atoms with Crippen LogP contribution in [0.4, 0.5) is 0 Å². The molecule has 31 heavy (non-hydrogen) atoms. The Hall–Kier alpha value is -2.53. The molecule has 0 fully saturated rings. The van der Waals surface area contributed by atoms with Crippen LogP contribution >= 0.6 is 11.6 Å². The van der Waals surface area contributed by atoms with Crippen LogP contribution in [0.3, 0.4) is 0 Å². The van der Waals surface area contributed by atoms with Crippen LogP contribution in [-0.2, 0) is 16.1 Å². The number of halogens is 1. The van der Waals surface area contributed by atoms with Crippen LogP contribution in [0.25, 0.3) is 0 Å². The molecule has 0 saturated carbocycles. The smallest absolute Gasteiger partial charge is 0.261 e. The number of para-hydroxylation sites is 1. The number of nitrogens with one attached hydrogen (secondary N) is 1. The van der Waals surface area contributed by atoms with Gasteiger partial charge in [0.25, 0.3) is 5.91 Å². The van der Waals surface area contributed by atoms with E-state index in [0.29, 0.717) is 30.3 Å². The third-order valence-electron chi connectivity index (χ3n) is 5.09. The van der Waals surface area contributed by atoms with Gasteiger partial charge in [-0.25, -0.2) is 0 Å². The molecule has 6 heteroatoms. The molecule has 1 N–H and O–H groups in total. The lowest BCUT2D eigenvalue weighted by molar-refractivity contribution is -0.143. The number of hydrogen-bond donors (Lipinski definition) is 1. The molecule has 2 aromatic rings. The molecule has 0 radical (unpaired) electrons. The molecule has 2 rings (SSSR count). The highest BCUT2D eigenvalue weighted by Gasteiger charge is 2.29. The van der Waals surface area contributed by atoms with Crippen LogP contribution in [0.1, 0.15) is 57.6 Å². The van der Waals surface area contributed by atoms with Crippen molar-refractivity contribution in [2.24, 2.45) is 0 Å². The topological polar surface area (TPSA) is 58.6 Å². The van der Waals surface area contributed by atoms with Gasteiger partial charge in [-0.15, -0.1) is 0 Å². The summed E-state index contributed by atoms with van der Waals surface area (Å²) in [5, 5.41) is 3.54. The monoisotopic (exact) mass is 444 g/mol. The van der Waals surface area contributed by atoms with E-state index in [4.69, 9.17) is 16.3 Å². The van der Waals surface area contributed by atoms with E-state index in [0.717, 1.165) is 17.5 Å². The van der Waals surface area contributed by atoms with E-state index in [2.05, 4.69) is 19.2 Å². The lowest BCUT2D eigenvalue weighted by atomic mass is 10.0. The average Bonchev–Trinajstić information content (AvgIpc) is 2.77. The van der Waals surface area contributed by atoms with Gasteiger partial charge in [0, 0.05) is 18.1 Å². The van der Waals surface area contributed by atoms with Crippen molar-refractivity contribution in [1.82, 2.24) is 10.2 Å². The number of benzene rings is 2. The van der Waals surface area contributed by atoms with Crippen LogP contribution in [0.15, 0.2) is 48.5 Å². The minimum absolute atomic E-state index is 0.130. The lowest BCUT2D eigenvalue weighted by Crippen LogP contribution is -2.50. The highest BCUT2D eigenvalue weighted by atomic mass is 35.5. The SMILES string of the molecule is CCCNC(=O)[C@H](CC)N(Cc1ccc(Cl)cc1)C(=O)COc1ccccc1C(C)C. The lowest BCUT2D eigenvalue weighted by Gasteiger charge is -2.30. The van der Waals surface area contributed by atoms with Crippen molar-refractivity contribution in [1.29, 1.82) is 0 Å². The molecule has 0 aromatic heterocycles. The van der Waals surface area contributed by atoms with E-state index in [1.165, 1.54) is 0 Å². The van der Waals surface area contributed by atoms with Crippen LogP contribution < -0.4 is 10.1 Å². The number of carbonyl (C=O) groups is 2. The van der Waals surface area contributed by atoms with Crippen molar-refractivity contribution in [3.63, 3.8) is 0 Å². The van der Waals surface area contributed by atoms with Gasteiger partial charge >= 0.3 is 0 Å². The van der Waals surface area contributed by atoms with Crippen molar-refractivity contribution in [2.75, 3.05) is 13.2 Å². The first-order valence-electron chi connectivity index (χ1n) is 10.9. The van der Waals surface area contributed by atoms with Gasteiger partial charge in [-0.05, 0) is 48.1 Å². The highest BCUT2D eigenvalue weighted by Crippen LogP contribution is 2.26. The molecule has 168 valence electrons. The standard InChI is InChI=1S/C25H33ClN2O3/c1-5-15-27-25(30)22(6-2)28(16-19-11-13-20(26)14-12-19)24(29)17-31-23-10-8-7-9-21(23)18(3)4/h7-14,18,22H,5-6,15-17H2,1-4H3,(H,27,30)/t22-/m0/s1. The van der Waals surface area contributed by atoms with Crippen molar-refractivity contribution in [2.45, 2.75) is 59.0 Å². The Bertz CT molecular complexity index is 852. The molecule has 2 aromatic carbocycles. The van der Waals surface area contributed by atoms with Gasteiger partial charge in [0.15, 0.2) is 6.61 Å². The largest absolute Gasteiger partial charge is 0.483 e. The zero-order valence-electron chi connectivity index (χ0n) is 18.9. The summed E-state index contributed by atoms with van der Waals surface area (Å²) < 4.78 is 5.91. The molecule has 0 aliphatic carbocycles. The molecule has 0 aliphatic rings. The quantitative estimate of drug-likeness (QED) is 0.519. The van der Waals surface area contributed by atoms with Gasteiger partial charge in [0.1, 0.15) is 11.8 Å². The van der Waals surface area contributed by atoms with Crippen molar-refractivity contribution in [3.8, 4) is 5.75 Å². The number of rotatable bonds is 11. The molecule has 1 atom stereocenters. The predicted octanol–water partition coefficient (Wildman–Crippen LogP) is 5.18. The third-order valence-corrected chi connectivity index (χ3v) is 5.35. The molecular formula is C25H33ClN2O3. The molecule has 0 aliphatic heterocycles. The summed E-state index contributed by atoms with van der Waals surface area (Å²) in [6.07, 6.45) is 1.35. The van der Waals surface area contributed by atoms with Gasteiger partial charge in [-0.1, -0.05) is 69.6 Å². The summed E-state index contributed by atoms with van der Waals surface area (Å²) >= 11 is 6.00. The van der Waals surface area contributed by atoms with E-state index in [1.54, 1.807) is 17.0 Å². The fourth-order valence-corrected chi connectivity index (χ4v) is 3.51. The number of carbonyl (C=O) groups excluding carboxylic acids is 2. The van der Waals surface area contributed by atoms with Crippen LogP contribution in [0, 0.1) is 0 Å². The first-order valence-corrected chi connectivity index (χ1v) is 11.3. The molecule has 2 amide bonds. The van der Waals surface area contributed by atoms with Crippen molar-refractivity contribution < 1.29 is 14.3 Å². The Morgan fingerprint density at radius 3 is 2.35 bits per heavy atom. The van der Waals surface area contributed by atoms with E-state index < -0.39 is 6.04 Å². The second-order valence-corrected chi connectivity index (χ2v) is 8.28. The van der Waals surface area contributed by atoms with E-state index >= 15 is 0 Å². The molecule has 0 spiro atoms. The Morgan fingerprint density at radius 1 is 1.06 bits per heavy atom. The van der Waals surface area contributed by atoms with Gasteiger partial charge in [-0.2, -0.15) is 0 Å². The highest BCUT2D eigenvalue weighted by molar-refractivity contribution is 6.30. The first-order chi connectivity index (χ1) is 14.9. The van der Waals surface area contributed by atoms with Gasteiger partial charge in [0.2, 0.25) is 5.91 Å². The Morgan fingerprint density at radius 2 is 1.74 bits per heavy atom. The summed E-state index contributed by atoms with van der Waals surface area (Å²) in [4.78, 5) is 27.6. The summed E-state index contributed by atoms with van der Waals surface area (Å²) in [5.74, 6) is 0.599. The summed E-state index contributed by atoms with van der Waals surface area (Å²) in [6, 6.07) is 14.5. The van der Waals surface area contributed by atoms with Gasteiger partial charge < -0.3 is 15.0 Å². The molecule has 0 saturated heterocycles. The number of hydrogen-bond acceptors (Lipinski definition) is 3. The van der Waals surface area contributed by atoms with Crippen LogP contribution in [0.5, 0.6) is 5.75 Å². The third kappa shape index (κ3) is 7.28. The second kappa shape index (κ2) is 12.4. The summed E-state index contributed by atoms with van der Waals surface area (Å²) in [5.41, 5.74) is 1.95. The Labute approximate surface area is 190 Å². The minimum atomic E-state index is -0.571. The number of ether oxygens (including phenoxy) is 1. The van der Waals surface area contributed by atoms with E-state index in [1.807, 2.05) is 50.2 Å². The summed E-state index contributed by atoms with van der Waals surface area (Å²) in [7, 11) is 0. The fraction of sp³-hybridized carbons (Fsp3) is 0.440. The maximum Gasteiger partial charge on any atom is 0.261 e. The van der Waals surface area contributed by atoms with Crippen LogP contribution in [-0.4, -0.2) is 35.9 Å². The number of amides is 2. The molecule has 5 nitrogen and oxygen atoms in total. The molecular weight excluding hydrogens is 412 g/mol. The van der Waals surface area contributed by atoms with Crippen LogP contribution in [0.2, 0.25) is 5.02 Å². The van der Waals surface area contributed by atoms with Crippen molar-refractivity contribution in [3.05, 3.63) is 64.7 Å². The number of nitrogens with zero attached hydrogens (tertiary/aromatic N) is 1. The molecule has 0 bridgehead atoms. The normalized spacial score (nSPS) is 11.8. The maximum atomic E-state index is 13.2. The molecule has 0 heterocycles. The maximum absolute atomic E-state index is 13.2. The molecule has 0 unspecified atom stereocenters. The predicted molar refractivity (Wildman–Crippen MR) is 125 cm³/mol. The van der Waals surface area contributed by atoms with Gasteiger partial charge in [0.05, 0.1) is 0 Å². The van der Waals surface area contributed by atoms with E-state index in [-0.39, 0.29) is 24.3 Å².